The Hall–Kier alpha value is -2.08. The van der Waals surface area contributed by atoms with Crippen LogP contribution in [0.1, 0.15) is 26.7 Å². The quantitative estimate of drug-likeness (QED) is 0.372. The molecule has 1 fully saturated rings. The lowest BCUT2D eigenvalue weighted by atomic mass is 10.1. The zero-order chi connectivity index (χ0) is 19.5. The highest BCUT2D eigenvalue weighted by molar-refractivity contribution is 5.75. The van der Waals surface area contributed by atoms with E-state index in [9.17, 15) is 19.1 Å². The summed E-state index contributed by atoms with van der Waals surface area (Å²) in [6.07, 6.45) is 0.933. The van der Waals surface area contributed by atoms with Gasteiger partial charge in [-0.3, -0.25) is 20.0 Å². The van der Waals surface area contributed by atoms with Crippen molar-refractivity contribution in [1.82, 2.24) is 9.55 Å². The maximum absolute atomic E-state index is 14.9. The molecule has 5 N–H and O–H groups in total. The van der Waals surface area contributed by atoms with Gasteiger partial charge in [0.15, 0.2) is 18.1 Å². The number of aliphatic hydroxyl groups is 1. The zero-order valence-electron chi connectivity index (χ0n) is 14.5. The minimum atomic E-state index is -2.39. The van der Waals surface area contributed by atoms with E-state index < -0.39 is 42.5 Å². The minimum Gasteiger partial charge on any atom is -0.458 e. The fraction of sp³-hybridized carbons (Fsp3) is 0.667. The average molecular weight is 374 g/mol. The predicted molar refractivity (Wildman–Crippen MR) is 86.9 cm³/mol. The van der Waals surface area contributed by atoms with Crippen LogP contribution in [0.25, 0.3) is 0 Å². The van der Waals surface area contributed by atoms with Gasteiger partial charge in [0.05, 0.1) is 6.61 Å². The van der Waals surface area contributed by atoms with Crippen molar-refractivity contribution in [3.8, 4) is 0 Å². The molecule has 26 heavy (non-hydrogen) atoms. The summed E-state index contributed by atoms with van der Waals surface area (Å²) in [6.45, 7) is 2.03. The number of carbonyl (C=O) groups is 1. The van der Waals surface area contributed by atoms with E-state index in [1.54, 1.807) is 19.3 Å². The van der Waals surface area contributed by atoms with Gasteiger partial charge in [0.25, 0.3) is 0 Å². The molecule has 0 radical (unpaired) electrons. The van der Waals surface area contributed by atoms with Crippen LogP contribution >= 0.6 is 0 Å². The molecule has 1 aromatic heterocycles. The minimum absolute atomic E-state index is 0.0543. The Bertz CT molecular complexity index is 714. The number of nitrogens with zero attached hydrogens (tertiary/aromatic N) is 2. The molecule has 10 nitrogen and oxygen atoms in total. The van der Waals surface area contributed by atoms with Gasteiger partial charge in [0, 0.05) is 19.0 Å². The Morgan fingerprint density at radius 2 is 2.27 bits per heavy atom. The maximum atomic E-state index is 14.9. The van der Waals surface area contributed by atoms with Crippen molar-refractivity contribution >= 4 is 11.8 Å². The number of esters is 1. The average Bonchev–Trinajstić information content (AvgIpc) is 2.97. The molecule has 0 spiro atoms. The van der Waals surface area contributed by atoms with Crippen LogP contribution in [0.2, 0.25) is 0 Å². The molecule has 11 heteroatoms. The number of hydrogen-bond donors (Lipinski definition) is 4. The van der Waals surface area contributed by atoms with Crippen LogP contribution in [0.4, 0.5) is 10.2 Å². The SMILES string of the molecule is CC(C)[C@H](N)C(=O)OC[C@]1(F)CC[C@](CO)(n2ccc(NO)nc2=O)O1. The highest BCUT2D eigenvalue weighted by Crippen LogP contribution is 2.41. The van der Waals surface area contributed by atoms with Crippen LogP contribution in [0, 0.1) is 5.92 Å². The highest BCUT2D eigenvalue weighted by Gasteiger charge is 2.52. The van der Waals surface area contributed by atoms with Gasteiger partial charge in [-0.2, -0.15) is 4.98 Å². The smallest absolute Gasteiger partial charge is 0.352 e. The van der Waals surface area contributed by atoms with Crippen molar-refractivity contribution in [2.24, 2.45) is 11.7 Å². The Kier molecular flexibility index (Phi) is 5.96. The number of nitrogens with two attached hydrogens (primary N) is 1. The van der Waals surface area contributed by atoms with Crippen molar-refractivity contribution in [3.05, 3.63) is 22.7 Å². The number of hydrogen-bond acceptors (Lipinski definition) is 9. The van der Waals surface area contributed by atoms with Crippen LogP contribution in [-0.4, -0.2) is 50.9 Å². The molecule has 2 rings (SSSR count). The normalized spacial score (nSPS) is 26.7. The third-order valence-electron chi connectivity index (χ3n) is 4.29. The summed E-state index contributed by atoms with van der Waals surface area (Å²) in [7, 11) is 0. The van der Waals surface area contributed by atoms with E-state index in [1.165, 1.54) is 12.3 Å². The van der Waals surface area contributed by atoms with Crippen LogP contribution in [-0.2, 0) is 20.0 Å². The fourth-order valence-corrected chi connectivity index (χ4v) is 2.61. The number of nitrogens with one attached hydrogen (secondary N) is 1. The van der Waals surface area contributed by atoms with Gasteiger partial charge in [-0.25, -0.2) is 9.18 Å². The van der Waals surface area contributed by atoms with Gasteiger partial charge in [-0.15, -0.1) is 0 Å². The van der Waals surface area contributed by atoms with E-state index in [2.05, 4.69) is 4.98 Å². The molecule has 0 aromatic carbocycles. The van der Waals surface area contributed by atoms with E-state index in [1.807, 2.05) is 0 Å². The lowest BCUT2D eigenvalue weighted by Crippen LogP contribution is -2.47. The third kappa shape index (κ3) is 4.01. The Morgan fingerprint density at radius 3 is 2.81 bits per heavy atom. The summed E-state index contributed by atoms with van der Waals surface area (Å²) < 4.78 is 26.1. The number of halogens is 1. The van der Waals surface area contributed by atoms with E-state index in [-0.39, 0.29) is 24.6 Å². The van der Waals surface area contributed by atoms with E-state index in [4.69, 9.17) is 20.4 Å². The van der Waals surface area contributed by atoms with Gasteiger partial charge < -0.3 is 20.3 Å². The number of ether oxygens (including phenoxy) is 2. The first-order chi connectivity index (χ1) is 12.2. The summed E-state index contributed by atoms with van der Waals surface area (Å²) in [5, 5.41) is 18.5. The molecule has 0 saturated carbocycles. The molecule has 0 aliphatic carbocycles. The number of rotatable bonds is 7. The van der Waals surface area contributed by atoms with Gasteiger partial charge >= 0.3 is 11.7 Å². The van der Waals surface area contributed by atoms with E-state index in [0.29, 0.717) is 0 Å². The standard InChI is InChI=1S/C15H23FN4O6/c1-9(2)11(17)12(22)25-8-14(16)4-5-15(7-21,26-14)20-6-3-10(19-24)18-13(20)23/h3,6,9,11,21,24H,4-5,7-8,17H2,1-2H3,(H,18,19,23)/t11-,14-,15-/m0/s1. The summed E-state index contributed by atoms with van der Waals surface area (Å²) in [5.41, 5.74) is 4.81. The lowest BCUT2D eigenvalue weighted by molar-refractivity contribution is -0.241. The van der Waals surface area contributed by atoms with Crippen LogP contribution in [0.5, 0.6) is 0 Å². The number of aromatic nitrogens is 2. The van der Waals surface area contributed by atoms with Crippen molar-refractivity contribution in [3.63, 3.8) is 0 Å². The van der Waals surface area contributed by atoms with Crippen molar-refractivity contribution in [1.29, 1.82) is 0 Å². The summed E-state index contributed by atoms with van der Waals surface area (Å²) in [4.78, 5) is 27.4. The van der Waals surface area contributed by atoms with Gasteiger partial charge in [0.2, 0.25) is 5.85 Å². The van der Waals surface area contributed by atoms with Gasteiger partial charge in [0.1, 0.15) is 6.04 Å². The predicted octanol–water partition coefficient (Wildman–Crippen LogP) is -0.308. The molecule has 0 amide bonds. The number of aliphatic hydroxyl groups excluding tert-OH is 1. The Labute approximate surface area is 148 Å². The van der Waals surface area contributed by atoms with Crippen molar-refractivity contribution in [2.75, 3.05) is 18.7 Å². The number of alkyl halides is 1. The van der Waals surface area contributed by atoms with E-state index >= 15 is 0 Å². The molecule has 1 aromatic rings. The molecule has 1 aliphatic rings. The first kappa shape index (κ1) is 20.2. The lowest BCUT2D eigenvalue weighted by Gasteiger charge is -2.31. The summed E-state index contributed by atoms with van der Waals surface area (Å²) >= 11 is 0. The van der Waals surface area contributed by atoms with Crippen molar-refractivity contribution < 1.29 is 29.0 Å². The monoisotopic (exact) mass is 374 g/mol. The van der Waals surface area contributed by atoms with Crippen LogP contribution in [0.15, 0.2) is 17.1 Å². The first-order valence-electron chi connectivity index (χ1n) is 8.09. The molecular weight excluding hydrogens is 351 g/mol. The molecule has 1 aliphatic heterocycles. The zero-order valence-corrected chi connectivity index (χ0v) is 14.5. The third-order valence-corrected chi connectivity index (χ3v) is 4.29. The molecule has 3 atom stereocenters. The highest BCUT2D eigenvalue weighted by atomic mass is 19.2. The fourth-order valence-electron chi connectivity index (χ4n) is 2.61. The number of carbonyl (C=O) groups excluding carboxylic acids is 1. The van der Waals surface area contributed by atoms with Crippen LogP contribution in [0.3, 0.4) is 0 Å². The van der Waals surface area contributed by atoms with Crippen molar-refractivity contribution in [2.45, 2.75) is 44.3 Å². The maximum Gasteiger partial charge on any atom is 0.352 e. The largest absolute Gasteiger partial charge is 0.458 e. The summed E-state index contributed by atoms with van der Waals surface area (Å²) in [5.74, 6) is -3.44. The second-order valence-electron chi connectivity index (χ2n) is 6.54. The Balaban J connectivity index is 2.15. The molecule has 146 valence electrons. The Morgan fingerprint density at radius 1 is 1.58 bits per heavy atom. The van der Waals surface area contributed by atoms with Gasteiger partial charge in [-0.05, 0) is 12.0 Å². The second-order valence-corrected chi connectivity index (χ2v) is 6.54. The second kappa shape index (κ2) is 7.66. The molecular formula is C15H23FN4O6. The first-order valence-corrected chi connectivity index (χ1v) is 8.09. The summed E-state index contributed by atoms with van der Waals surface area (Å²) in [6, 6.07) is 0.357. The van der Waals surface area contributed by atoms with Gasteiger partial charge in [-0.1, -0.05) is 13.8 Å². The van der Waals surface area contributed by atoms with E-state index in [0.717, 1.165) is 4.57 Å². The molecule has 0 bridgehead atoms. The molecule has 2 heterocycles. The molecule has 0 unspecified atom stereocenters. The molecule has 1 saturated heterocycles. The topological polar surface area (TPSA) is 149 Å². The van der Waals surface area contributed by atoms with Crippen LogP contribution < -0.4 is 16.9 Å². The number of anilines is 1.